The molecular weight excluding hydrogens is 464 g/mol. The molecule has 0 spiro atoms. The molecule has 8 heteroatoms. The summed E-state index contributed by atoms with van der Waals surface area (Å²) in [5.41, 5.74) is 12.5. The van der Waals surface area contributed by atoms with Gasteiger partial charge in [0.15, 0.2) is 0 Å². The van der Waals surface area contributed by atoms with Crippen molar-refractivity contribution >= 4 is 39.9 Å². The van der Waals surface area contributed by atoms with Crippen molar-refractivity contribution in [1.29, 1.82) is 0 Å². The molecule has 0 bridgehead atoms. The second-order valence-corrected chi connectivity index (χ2v) is 10.8. The number of rotatable bonds is 5. The molecule has 2 amide bonds. The van der Waals surface area contributed by atoms with Crippen LogP contribution >= 0.6 is 0 Å². The van der Waals surface area contributed by atoms with Crippen LogP contribution in [0.3, 0.4) is 0 Å². The van der Waals surface area contributed by atoms with E-state index in [1.54, 1.807) is 6.92 Å². The molecule has 8 nitrogen and oxygen atoms in total. The zero-order valence-corrected chi connectivity index (χ0v) is 21.3. The largest absolute Gasteiger partial charge is 0.383 e. The first-order valence-electron chi connectivity index (χ1n) is 13.0. The molecule has 2 fully saturated rings. The van der Waals surface area contributed by atoms with Gasteiger partial charge in [-0.3, -0.25) is 9.59 Å². The molecule has 37 heavy (non-hydrogen) atoms. The van der Waals surface area contributed by atoms with E-state index in [0.29, 0.717) is 23.0 Å². The van der Waals surface area contributed by atoms with Crippen LogP contribution in [0.4, 0.5) is 11.5 Å². The minimum absolute atomic E-state index is 0.0458. The lowest BCUT2D eigenvalue weighted by Gasteiger charge is -2.27. The third kappa shape index (κ3) is 4.10. The maximum absolute atomic E-state index is 13.1. The van der Waals surface area contributed by atoms with Crippen LogP contribution in [0.15, 0.2) is 48.8 Å². The van der Waals surface area contributed by atoms with Crippen LogP contribution in [0.2, 0.25) is 0 Å². The van der Waals surface area contributed by atoms with Crippen LogP contribution in [-0.4, -0.2) is 44.3 Å². The highest BCUT2D eigenvalue weighted by Gasteiger charge is 2.47. The number of hydrogen-bond acceptors (Lipinski definition) is 5. The number of aromatic nitrogens is 3. The summed E-state index contributed by atoms with van der Waals surface area (Å²) in [5.74, 6) is 2.10. The van der Waals surface area contributed by atoms with Gasteiger partial charge >= 0.3 is 0 Å². The average molecular weight is 497 g/mol. The van der Waals surface area contributed by atoms with Gasteiger partial charge in [0.25, 0.3) is 5.91 Å². The van der Waals surface area contributed by atoms with Crippen molar-refractivity contribution in [3.8, 4) is 11.3 Å². The minimum Gasteiger partial charge on any atom is -0.383 e. The van der Waals surface area contributed by atoms with E-state index in [4.69, 9.17) is 5.73 Å². The Kier molecular flexibility index (Phi) is 5.62. The Bertz CT molecular complexity index is 1460. The van der Waals surface area contributed by atoms with Crippen molar-refractivity contribution in [2.45, 2.75) is 32.6 Å². The van der Waals surface area contributed by atoms with Crippen molar-refractivity contribution in [3.05, 3.63) is 54.4 Å². The third-order valence-electron chi connectivity index (χ3n) is 8.17. The topological polar surface area (TPSA) is 106 Å². The first-order valence-corrected chi connectivity index (χ1v) is 13.0. The van der Waals surface area contributed by atoms with Crippen molar-refractivity contribution in [3.63, 3.8) is 0 Å². The molecule has 0 radical (unpaired) electrons. The maximum atomic E-state index is 13.1. The Morgan fingerprint density at radius 2 is 1.86 bits per heavy atom. The Hall–Kier alpha value is -3.94. The van der Waals surface area contributed by atoms with Gasteiger partial charge in [0, 0.05) is 42.9 Å². The van der Waals surface area contributed by atoms with E-state index < -0.39 is 0 Å². The molecule has 2 unspecified atom stereocenters. The number of aryl methyl sites for hydroxylation is 1. The van der Waals surface area contributed by atoms with Gasteiger partial charge in [0.2, 0.25) is 5.91 Å². The quantitative estimate of drug-likeness (QED) is 0.510. The van der Waals surface area contributed by atoms with Crippen LogP contribution in [0.5, 0.6) is 0 Å². The number of anilines is 2. The highest BCUT2D eigenvalue weighted by molar-refractivity contribution is 6.05. The highest BCUT2D eigenvalue weighted by atomic mass is 16.2. The molecule has 1 aliphatic heterocycles. The fraction of sp³-hybridized carbons (Fsp3) is 0.379. The first kappa shape index (κ1) is 23.5. The number of nitrogens with two attached hydrogens (primary N) is 1. The zero-order chi connectivity index (χ0) is 25.8. The second-order valence-electron chi connectivity index (χ2n) is 10.8. The van der Waals surface area contributed by atoms with E-state index in [-0.39, 0.29) is 11.8 Å². The Labute approximate surface area is 216 Å². The SMILES string of the molecule is C=C(C)C(=O)Nc1ccc(-c2c(C3=CC[C@@H](C(=O)N4CC5CC5C4)CC3)c3c(N)ncnc3n2C)cc1. The van der Waals surface area contributed by atoms with E-state index in [1.807, 2.05) is 31.3 Å². The number of likely N-dealkylation sites (tertiary alicyclic amines) is 1. The van der Waals surface area contributed by atoms with Crippen molar-refractivity contribution in [2.24, 2.45) is 24.8 Å². The third-order valence-corrected chi connectivity index (χ3v) is 8.17. The number of carbonyl (C=O) groups is 2. The number of carbonyl (C=O) groups excluding carboxylic acids is 2. The zero-order valence-electron chi connectivity index (χ0n) is 21.3. The van der Waals surface area contributed by atoms with Crippen LogP contribution in [0.25, 0.3) is 27.9 Å². The number of nitrogen functional groups attached to an aromatic ring is 1. The summed E-state index contributed by atoms with van der Waals surface area (Å²) < 4.78 is 2.05. The molecule has 1 saturated carbocycles. The molecule has 1 aromatic carbocycles. The minimum atomic E-state index is -0.205. The summed E-state index contributed by atoms with van der Waals surface area (Å²) in [5, 5.41) is 3.70. The lowest BCUT2D eigenvalue weighted by molar-refractivity contribution is -0.135. The van der Waals surface area contributed by atoms with Crippen molar-refractivity contribution < 1.29 is 9.59 Å². The summed E-state index contributed by atoms with van der Waals surface area (Å²) in [6, 6.07) is 7.75. The molecule has 3 aliphatic rings. The van der Waals surface area contributed by atoms with Crippen LogP contribution in [0.1, 0.15) is 38.2 Å². The fourth-order valence-corrected chi connectivity index (χ4v) is 6.00. The van der Waals surface area contributed by atoms with Gasteiger partial charge < -0.3 is 20.5 Å². The van der Waals surface area contributed by atoms with Gasteiger partial charge in [-0.2, -0.15) is 0 Å². The Morgan fingerprint density at radius 3 is 2.51 bits per heavy atom. The van der Waals surface area contributed by atoms with Crippen LogP contribution < -0.4 is 11.1 Å². The first-order chi connectivity index (χ1) is 17.8. The molecule has 3 aromatic rings. The molecule has 190 valence electrons. The van der Waals surface area contributed by atoms with E-state index in [2.05, 4.69) is 37.4 Å². The van der Waals surface area contributed by atoms with Gasteiger partial charge in [0.05, 0.1) is 11.1 Å². The maximum Gasteiger partial charge on any atom is 0.250 e. The molecule has 2 aliphatic carbocycles. The number of nitrogens with one attached hydrogen (secondary N) is 1. The van der Waals surface area contributed by atoms with Gasteiger partial charge in [-0.25, -0.2) is 9.97 Å². The summed E-state index contributed by atoms with van der Waals surface area (Å²) in [6.07, 6.45) is 7.36. The van der Waals surface area contributed by atoms with E-state index in [9.17, 15) is 9.59 Å². The smallest absolute Gasteiger partial charge is 0.250 e. The Morgan fingerprint density at radius 1 is 1.14 bits per heavy atom. The molecule has 3 N–H and O–H groups in total. The van der Waals surface area contributed by atoms with E-state index in [0.717, 1.165) is 72.0 Å². The number of allylic oxidation sites excluding steroid dienone is 2. The van der Waals surface area contributed by atoms with Crippen LogP contribution in [0, 0.1) is 17.8 Å². The van der Waals surface area contributed by atoms with E-state index >= 15 is 0 Å². The average Bonchev–Trinajstić information content (AvgIpc) is 3.38. The fourth-order valence-electron chi connectivity index (χ4n) is 6.00. The number of amides is 2. The number of hydrogen-bond donors (Lipinski definition) is 2. The summed E-state index contributed by atoms with van der Waals surface area (Å²) in [7, 11) is 1.98. The molecule has 1 saturated heterocycles. The summed E-state index contributed by atoms with van der Waals surface area (Å²) >= 11 is 0. The monoisotopic (exact) mass is 496 g/mol. The standard InChI is InChI=1S/C29H32N6O2/c1-16(2)28(36)33-22-10-8-18(9-11-22)25-23(24-26(30)31-15-32-27(24)34(25)3)17-4-6-19(7-5-17)29(37)35-13-20-12-21(20)14-35/h4,8-11,15,19-21H,1,5-7,12-14H2,2-3H3,(H,33,36)(H2,30,31,32)/t19-,20?,21?/m1/s1. The van der Waals surface area contributed by atoms with Crippen LogP contribution in [-0.2, 0) is 16.6 Å². The predicted octanol–water partition coefficient (Wildman–Crippen LogP) is 4.39. The Balaban J connectivity index is 1.34. The van der Waals surface area contributed by atoms with Gasteiger partial charge in [-0.05, 0) is 67.7 Å². The molecule has 3 atom stereocenters. The van der Waals surface area contributed by atoms with Crippen molar-refractivity contribution in [2.75, 3.05) is 24.1 Å². The highest BCUT2D eigenvalue weighted by Crippen LogP contribution is 2.47. The van der Waals surface area contributed by atoms with Crippen molar-refractivity contribution in [1.82, 2.24) is 19.4 Å². The number of benzene rings is 1. The lowest BCUT2D eigenvalue weighted by atomic mass is 9.84. The summed E-state index contributed by atoms with van der Waals surface area (Å²) in [4.78, 5) is 36.1. The van der Waals surface area contributed by atoms with Gasteiger partial charge in [-0.1, -0.05) is 24.8 Å². The molecule has 6 rings (SSSR count). The molecular formula is C29H32N6O2. The molecule has 3 heterocycles. The second kappa shape index (κ2) is 8.87. The lowest BCUT2D eigenvalue weighted by Crippen LogP contribution is -2.36. The number of fused-ring (bicyclic) bond motifs is 2. The normalized spacial score (nSPS) is 22.5. The predicted molar refractivity (Wildman–Crippen MR) is 145 cm³/mol. The van der Waals surface area contributed by atoms with Gasteiger partial charge in [0.1, 0.15) is 17.8 Å². The van der Waals surface area contributed by atoms with E-state index in [1.165, 1.54) is 18.3 Å². The van der Waals surface area contributed by atoms with Gasteiger partial charge in [-0.15, -0.1) is 0 Å². The number of nitrogens with zero attached hydrogens (tertiary/aromatic N) is 4. The molecule has 2 aromatic heterocycles. The number of piperidine rings is 1. The summed E-state index contributed by atoms with van der Waals surface area (Å²) in [6.45, 7) is 7.27.